The first kappa shape index (κ1) is 49.0. The first-order valence-electron chi connectivity index (χ1n) is 18.9. The largest absolute Gasteiger partial charge is 0.0992 e. The average Bonchev–Trinajstić information content (AvgIpc) is 3.15. The molecule has 0 bridgehead atoms. The van der Waals surface area contributed by atoms with Gasteiger partial charge >= 0.3 is 0 Å². The van der Waals surface area contributed by atoms with Gasteiger partial charge in [0.2, 0.25) is 0 Å². The standard InChI is InChI=1S/C22H30.C16H16.C7H10.C3H8.C2H6.CH4/c1-8-16(4)15-22(19(7)18(6)17(5)9-2)21-14-12-11-13-20(21)10-3;1-13(2)16(14-9-5-3-6-10-14)15-11-7-4-8-12-15;1-7-5-3-2-4-6-7;1-3-2;1-2;/h9,11-15H,2,8,10H2,1,3-7H3;3-12,16H,1H2,2H3;3,5-6H,2,4H2,1H3;3H2,1-2H3;1-2H3;1H4/b16-15-,18-17+,22-19+;;;;;. The monoisotopic (exact) mass is 687 g/mol. The van der Waals surface area contributed by atoms with Crippen molar-refractivity contribution >= 4 is 5.57 Å². The second-order valence-electron chi connectivity index (χ2n) is 12.6. The van der Waals surface area contributed by atoms with E-state index in [0.717, 1.165) is 12.8 Å². The van der Waals surface area contributed by atoms with Gasteiger partial charge in [-0.2, -0.15) is 0 Å². The van der Waals surface area contributed by atoms with Gasteiger partial charge in [0.05, 0.1) is 0 Å². The normalized spacial score (nSPS) is 12.6. The van der Waals surface area contributed by atoms with Crippen molar-refractivity contribution in [3.05, 3.63) is 184 Å². The molecule has 3 aromatic carbocycles. The summed E-state index contributed by atoms with van der Waals surface area (Å²) in [4.78, 5) is 0. The van der Waals surface area contributed by atoms with Crippen LogP contribution in [0.25, 0.3) is 5.57 Å². The lowest BCUT2D eigenvalue weighted by atomic mass is 9.86. The van der Waals surface area contributed by atoms with Gasteiger partial charge in [0.1, 0.15) is 0 Å². The van der Waals surface area contributed by atoms with Crippen molar-refractivity contribution in [1.29, 1.82) is 0 Å². The molecular formula is C51H74. The maximum Gasteiger partial charge on any atom is 0.0293 e. The molecule has 0 aliphatic heterocycles. The lowest BCUT2D eigenvalue weighted by molar-refractivity contribution is 0.952. The van der Waals surface area contributed by atoms with Crippen LogP contribution in [0.15, 0.2) is 162 Å². The Labute approximate surface area is 317 Å². The summed E-state index contributed by atoms with van der Waals surface area (Å²) in [5, 5.41) is 0. The molecule has 0 heteroatoms. The number of allylic oxidation sites excluding steroid dienone is 12. The molecule has 3 aromatic rings. The van der Waals surface area contributed by atoms with E-state index in [-0.39, 0.29) is 7.43 Å². The van der Waals surface area contributed by atoms with Gasteiger partial charge < -0.3 is 0 Å². The third kappa shape index (κ3) is 18.6. The molecule has 0 radical (unpaired) electrons. The van der Waals surface area contributed by atoms with Gasteiger partial charge in [-0.1, -0.05) is 201 Å². The zero-order valence-corrected chi connectivity index (χ0v) is 34.0. The van der Waals surface area contributed by atoms with Gasteiger partial charge in [-0.15, -0.1) is 0 Å². The summed E-state index contributed by atoms with van der Waals surface area (Å²) in [5.41, 5.74) is 14.6. The molecule has 0 atom stereocenters. The van der Waals surface area contributed by atoms with Crippen LogP contribution in [0.3, 0.4) is 0 Å². The fourth-order valence-corrected chi connectivity index (χ4v) is 5.28. The Kier molecular flexibility index (Phi) is 28.4. The van der Waals surface area contributed by atoms with Crippen molar-refractivity contribution < 1.29 is 0 Å². The molecule has 278 valence electrons. The average molecular weight is 687 g/mol. The van der Waals surface area contributed by atoms with Crippen LogP contribution < -0.4 is 0 Å². The van der Waals surface area contributed by atoms with Gasteiger partial charge in [0.15, 0.2) is 0 Å². The van der Waals surface area contributed by atoms with Crippen molar-refractivity contribution in [3.63, 3.8) is 0 Å². The Morgan fingerprint density at radius 3 is 1.59 bits per heavy atom. The van der Waals surface area contributed by atoms with Crippen LogP contribution in [-0.2, 0) is 6.42 Å². The Balaban J connectivity index is 0. The van der Waals surface area contributed by atoms with Crippen LogP contribution in [0.4, 0.5) is 0 Å². The summed E-state index contributed by atoms with van der Waals surface area (Å²) in [6.45, 7) is 33.7. The molecule has 0 saturated heterocycles. The molecule has 1 aliphatic rings. The molecule has 0 aromatic heterocycles. The lowest BCUT2D eigenvalue weighted by Gasteiger charge is -2.18. The zero-order valence-electron chi connectivity index (χ0n) is 34.0. The number of hydrogen-bond donors (Lipinski definition) is 0. The van der Waals surface area contributed by atoms with E-state index in [9.17, 15) is 0 Å². The molecule has 1 aliphatic carbocycles. The fourth-order valence-electron chi connectivity index (χ4n) is 5.28. The van der Waals surface area contributed by atoms with Gasteiger partial charge in [-0.3, -0.25) is 0 Å². The highest BCUT2D eigenvalue weighted by atomic mass is 14.2. The second-order valence-corrected chi connectivity index (χ2v) is 12.6. The fraction of sp³-hybridized carbons (Fsp3) is 0.373. The molecular weight excluding hydrogens is 613 g/mol. The third-order valence-electron chi connectivity index (χ3n) is 8.44. The molecule has 0 N–H and O–H groups in total. The summed E-state index contributed by atoms with van der Waals surface area (Å²) in [6.07, 6.45) is 16.8. The lowest BCUT2D eigenvalue weighted by Crippen LogP contribution is -2.01. The van der Waals surface area contributed by atoms with Gasteiger partial charge in [-0.25, -0.2) is 0 Å². The van der Waals surface area contributed by atoms with Gasteiger partial charge in [-0.05, 0) is 112 Å². The predicted molar refractivity (Wildman–Crippen MR) is 237 cm³/mol. The number of aryl methyl sites for hydroxylation is 1. The smallest absolute Gasteiger partial charge is 0.0293 e. The van der Waals surface area contributed by atoms with Crippen molar-refractivity contribution in [1.82, 2.24) is 0 Å². The van der Waals surface area contributed by atoms with E-state index in [1.165, 1.54) is 80.5 Å². The Bertz CT molecular complexity index is 1490. The molecule has 0 nitrogen and oxygen atoms in total. The maximum atomic E-state index is 4.11. The molecule has 0 fully saturated rings. The topological polar surface area (TPSA) is 0 Å². The maximum absolute atomic E-state index is 4.11. The molecule has 0 amide bonds. The highest BCUT2D eigenvalue weighted by molar-refractivity contribution is 5.81. The number of hydrogen-bond acceptors (Lipinski definition) is 0. The van der Waals surface area contributed by atoms with E-state index in [1.54, 1.807) is 0 Å². The van der Waals surface area contributed by atoms with Crippen LogP contribution in [0.1, 0.15) is 144 Å². The van der Waals surface area contributed by atoms with Crippen LogP contribution in [0.2, 0.25) is 0 Å². The minimum atomic E-state index is 0. The molecule has 0 saturated carbocycles. The minimum absolute atomic E-state index is 0. The van der Waals surface area contributed by atoms with Crippen molar-refractivity contribution in [2.75, 3.05) is 0 Å². The number of rotatable bonds is 9. The Morgan fingerprint density at radius 2 is 1.22 bits per heavy atom. The summed E-state index contributed by atoms with van der Waals surface area (Å²) in [5.74, 6) is 0.308. The third-order valence-corrected chi connectivity index (χ3v) is 8.44. The molecule has 0 heterocycles. The van der Waals surface area contributed by atoms with E-state index < -0.39 is 0 Å². The van der Waals surface area contributed by atoms with Crippen LogP contribution in [0.5, 0.6) is 0 Å². The van der Waals surface area contributed by atoms with Crippen molar-refractivity contribution in [3.8, 4) is 0 Å². The predicted octanol–water partition coefficient (Wildman–Crippen LogP) is 16.7. The minimum Gasteiger partial charge on any atom is -0.0992 e. The molecule has 0 unspecified atom stereocenters. The van der Waals surface area contributed by atoms with Gasteiger partial charge in [0.25, 0.3) is 0 Å². The van der Waals surface area contributed by atoms with E-state index in [2.05, 4.69) is 179 Å². The Morgan fingerprint density at radius 1 is 0.725 bits per heavy atom. The molecule has 51 heavy (non-hydrogen) atoms. The summed E-state index contributed by atoms with van der Waals surface area (Å²) >= 11 is 0. The van der Waals surface area contributed by atoms with E-state index in [1.807, 2.05) is 32.1 Å². The van der Waals surface area contributed by atoms with Crippen molar-refractivity contribution in [2.24, 2.45) is 0 Å². The molecule has 4 rings (SSSR count). The first-order valence-corrected chi connectivity index (χ1v) is 18.9. The zero-order chi connectivity index (χ0) is 37.9. The van der Waals surface area contributed by atoms with Gasteiger partial charge in [0, 0.05) is 5.92 Å². The van der Waals surface area contributed by atoms with E-state index in [0.29, 0.717) is 5.92 Å². The first-order chi connectivity index (χ1) is 24.1. The highest BCUT2D eigenvalue weighted by Crippen LogP contribution is 2.31. The summed E-state index contributed by atoms with van der Waals surface area (Å²) in [6, 6.07) is 29.8. The SMILES string of the molecule is C.C=C(C)C(c1ccccc1)c1ccccc1.C=C/C(C)=C(C)/C(C)=C(\C=C(\C)CC)c1ccccc1CC.CC.CC1=CCCC=C1.CCC. The van der Waals surface area contributed by atoms with E-state index in [4.69, 9.17) is 0 Å². The van der Waals surface area contributed by atoms with Crippen LogP contribution in [0, 0.1) is 0 Å². The molecule has 0 spiro atoms. The highest BCUT2D eigenvalue weighted by Gasteiger charge is 2.14. The van der Waals surface area contributed by atoms with Crippen LogP contribution >= 0.6 is 0 Å². The van der Waals surface area contributed by atoms with Crippen LogP contribution in [-0.4, -0.2) is 0 Å². The summed E-state index contributed by atoms with van der Waals surface area (Å²) < 4.78 is 0. The van der Waals surface area contributed by atoms with E-state index >= 15 is 0 Å². The quantitative estimate of drug-likeness (QED) is 0.155. The Hall–Kier alpha value is -4.16. The number of benzene rings is 3. The second kappa shape index (κ2) is 29.6. The summed E-state index contributed by atoms with van der Waals surface area (Å²) in [7, 11) is 0. The van der Waals surface area contributed by atoms with Crippen molar-refractivity contribution in [2.45, 2.75) is 129 Å².